The molecule has 1 aromatic heterocycles. The summed E-state index contributed by atoms with van der Waals surface area (Å²) in [5.41, 5.74) is 5.52. The minimum atomic E-state index is -0.303. The number of halogens is 1. The predicted molar refractivity (Wildman–Crippen MR) is 169 cm³/mol. The average molecular weight is 573 g/mol. The van der Waals surface area contributed by atoms with Crippen molar-refractivity contribution < 1.29 is 18.7 Å². The van der Waals surface area contributed by atoms with Crippen LogP contribution in [0.1, 0.15) is 46.1 Å². The van der Waals surface area contributed by atoms with E-state index in [0.29, 0.717) is 13.2 Å². The van der Waals surface area contributed by atoms with Crippen LogP contribution in [0.15, 0.2) is 131 Å². The van der Waals surface area contributed by atoms with E-state index in [1.54, 1.807) is 24.3 Å². The molecular weight excluding hydrogens is 539 g/mol. The van der Waals surface area contributed by atoms with Crippen molar-refractivity contribution in [3.63, 3.8) is 0 Å². The number of rotatable bonds is 6. The van der Waals surface area contributed by atoms with Gasteiger partial charge in [-0.25, -0.2) is 9.18 Å². The van der Waals surface area contributed by atoms with Gasteiger partial charge in [0.15, 0.2) is 0 Å². The first-order valence-corrected chi connectivity index (χ1v) is 14.6. The van der Waals surface area contributed by atoms with Crippen LogP contribution in [0.25, 0.3) is 21.5 Å². The average Bonchev–Trinajstić information content (AvgIpc) is 3.05. The van der Waals surface area contributed by atoms with Gasteiger partial charge in [-0.3, -0.25) is 0 Å². The zero-order valence-electron chi connectivity index (χ0n) is 23.8. The monoisotopic (exact) mass is 572 g/mol. The number of benzene rings is 5. The van der Waals surface area contributed by atoms with Crippen LogP contribution in [0, 0.1) is 5.82 Å². The molecule has 1 aliphatic rings. The summed E-state index contributed by atoms with van der Waals surface area (Å²) in [5.74, 6) is 0.0851. The molecule has 0 saturated heterocycles. The van der Waals surface area contributed by atoms with Crippen molar-refractivity contribution in [3.8, 4) is 0 Å². The Bertz CT molecular complexity index is 1860. The normalized spacial score (nSPS) is 16.0. The standard InChI is InChI=1S/C33H29FO2.C5H4O2/c34-27-14-10-23(11-15-27)29-16-12-24-13-17-30-28-9-5-4-8-25(28)18-26(19-35)33(30)32(24)31(29)21-36-20-22-6-2-1-3-7-22;6-5-3-1-2-4-7-5/h1-11,13-15,17-18,29,31,35H,12,16,19-21H2;1-4H. The van der Waals surface area contributed by atoms with E-state index in [4.69, 9.17) is 4.74 Å². The number of aliphatic hydroxyl groups excluding tert-OH is 1. The first-order valence-electron chi connectivity index (χ1n) is 14.6. The van der Waals surface area contributed by atoms with Gasteiger partial charge in [0.2, 0.25) is 0 Å². The summed E-state index contributed by atoms with van der Waals surface area (Å²) in [7, 11) is 0. The zero-order valence-corrected chi connectivity index (χ0v) is 23.8. The van der Waals surface area contributed by atoms with Crippen molar-refractivity contribution >= 4 is 21.5 Å². The van der Waals surface area contributed by atoms with Gasteiger partial charge in [0.25, 0.3) is 0 Å². The van der Waals surface area contributed by atoms with Crippen molar-refractivity contribution in [1.29, 1.82) is 0 Å². The highest BCUT2D eigenvalue weighted by Crippen LogP contribution is 2.47. The van der Waals surface area contributed by atoms with E-state index in [9.17, 15) is 14.3 Å². The summed E-state index contributed by atoms with van der Waals surface area (Å²) in [5, 5.41) is 15.1. The number of hydrogen-bond acceptors (Lipinski definition) is 4. The second-order valence-corrected chi connectivity index (χ2v) is 10.9. The van der Waals surface area contributed by atoms with Crippen LogP contribution >= 0.6 is 0 Å². The van der Waals surface area contributed by atoms with Crippen LogP contribution in [0.4, 0.5) is 4.39 Å². The molecule has 2 atom stereocenters. The summed E-state index contributed by atoms with van der Waals surface area (Å²) >= 11 is 0. The number of ether oxygens (including phenoxy) is 1. The molecular formula is C38H33FO4. The topological polar surface area (TPSA) is 59.7 Å². The summed E-state index contributed by atoms with van der Waals surface area (Å²) in [6.45, 7) is 1.08. The fourth-order valence-corrected chi connectivity index (χ4v) is 6.35. The molecule has 1 aliphatic carbocycles. The lowest BCUT2D eigenvalue weighted by atomic mass is 9.70. The van der Waals surface area contributed by atoms with Crippen molar-refractivity contribution in [3.05, 3.63) is 166 Å². The Balaban J connectivity index is 0.000000415. The van der Waals surface area contributed by atoms with Crippen LogP contribution in [0.5, 0.6) is 0 Å². The van der Waals surface area contributed by atoms with Gasteiger partial charge in [0.1, 0.15) is 5.82 Å². The Morgan fingerprint density at radius 2 is 1.60 bits per heavy atom. The van der Waals surface area contributed by atoms with Crippen LogP contribution in [-0.4, -0.2) is 11.7 Å². The van der Waals surface area contributed by atoms with Gasteiger partial charge in [0, 0.05) is 12.0 Å². The molecule has 0 aliphatic heterocycles. The third kappa shape index (κ3) is 6.29. The fraction of sp³-hybridized carbons (Fsp3) is 0.184. The molecule has 216 valence electrons. The van der Waals surface area contributed by atoms with Gasteiger partial charge in [-0.2, -0.15) is 0 Å². The fourth-order valence-electron chi connectivity index (χ4n) is 6.35. The van der Waals surface area contributed by atoms with E-state index < -0.39 is 0 Å². The maximum Gasteiger partial charge on any atom is 0.335 e. The van der Waals surface area contributed by atoms with E-state index in [1.165, 1.54) is 34.2 Å². The first kappa shape index (κ1) is 28.5. The second kappa shape index (κ2) is 13.2. The highest BCUT2D eigenvalue weighted by molar-refractivity contribution is 6.10. The van der Waals surface area contributed by atoms with Gasteiger partial charge in [-0.1, -0.05) is 84.9 Å². The molecule has 1 N–H and O–H groups in total. The summed E-state index contributed by atoms with van der Waals surface area (Å²) in [6, 6.07) is 36.8. The number of aryl methyl sites for hydroxylation is 1. The van der Waals surface area contributed by atoms with Crippen molar-refractivity contribution in [2.24, 2.45) is 0 Å². The maximum absolute atomic E-state index is 13.8. The van der Waals surface area contributed by atoms with Crippen LogP contribution in [-0.2, 0) is 24.4 Å². The minimum Gasteiger partial charge on any atom is -0.431 e. The highest BCUT2D eigenvalue weighted by atomic mass is 19.1. The lowest BCUT2D eigenvalue weighted by molar-refractivity contribution is 0.0974. The predicted octanol–water partition coefficient (Wildman–Crippen LogP) is 8.29. The quantitative estimate of drug-likeness (QED) is 0.204. The second-order valence-electron chi connectivity index (χ2n) is 10.9. The molecule has 5 heteroatoms. The Morgan fingerprint density at radius 3 is 2.33 bits per heavy atom. The SMILES string of the molecule is O=c1cccco1.OCc1cc2ccccc2c2ccc3c(c12)C(COCc1ccccc1)C(c1ccc(F)cc1)CC3. The Hall–Kier alpha value is -4.58. The summed E-state index contributed by atoms with van der Waals surface area (Å²) in [4.78, 5) is 10.1. The molecule has 0 bridgehead atoms. The molecule has 0 spiro atoms. The maximum atomic E-state index is 13.8. The van der Waals surface area contributed by atoms with E-state index in [-0.39, 0.29) is 29.9 Å². The molecule has 7 rings (SSSR count). The Morgan fingerprint density at radius 1 is 0.837 bits per heavy atom. The molecule has 1 heterocycles. The van der Waals surface area contributed by atoms with Gasteiger partial charge >= 0.3 is 5.63 Å². The van der Waals surface area contributed by atoms with Crippen LogP contribution in [0.2, 0.25) is 0 Å². The van der Waals surface area contributed by atoms with E-state index >= 15 is 0 Å². The smallest absolute Gasteiger partial charge is 0.335 e. The third-order valence-electron chi connectivity index (χ3n) is 8.30. The Kier molecular flexibility index (Phi) is 8.73. The third-order valence-corrected chi connectivity index (χ3v) is 8.30. The molecule has 6 aromatic rings. The molecule has 0 amide bonds. The molecule has 43 heavy (non-hydrogen) atoms. The number of fused-ring (bicyclic) bond motifs is 5. The van der Waals surface area contributed by atoms with Gasteiger partial charge in [-0.15, -0.1) is 0 Å². The number of hydrogen-bond donors (Lipinski definition) is 1. The molecule has 0 saturated carbocycles. The zero-order chi connectivity index (χ0) is 29.6. The molecule has 0 radical (unpaired) electrons. The van der Waals surface area contributed by atoms with Gasteiger partial charge in [0.05, 0.1) is 26.1 Å². The Labute approximate surface area is 250 Å². The van der Waals surface area contributed by atoms with Crippen molar-refractivity contribution in [2.75, 3.05) is 6.61 Å². The largest absolute Gasteiger partial charge is 0.431 e. The van der Waals surface area contributed by atoms with Crippen LogP contribution in [0.3, 0.4) is 0 Å². The lowest BCUT2D eigenvalue weighted by Gasteiger charge is -2.36. The molecule has 5 aromatic carbocycles. The van der Waals surface area contributed by atoms with E-state index in [2.05, 4.69) is 52.9 Å². The highest BCUT2D eigenvalue weighted by Gasteiger charge is 2.33. The minimum absolute atomic E-state index is 0.0173. The number of aliphatic hydroxyl groups is 1. The van der Waals surface area contributed by atoms with Gasteiger partial charge < -0.3 is 14.3 Å². The van der Waals surface area contributed by atoms with E-state index in [1.807, 2.05) is 36.4 Å². The molecule has 2 unspecified atom stereocenters. The van der Waals surface area contributed by atoms with E-state index in [0.717, 1.165) is 40.3 Å². The molecule has 0 fully saturated rings. The van der Waals surface area contributed by atoms with Gasteiger partial charge in [-0.05, 0) is 92.4 Å². The van der Waals surface area contributed by atoms with Crippen molar-refractivity contribution in [1.82, 2.24) is 0 Å². The molecule has 4 nitrogen and oxygen atoms in total. The lowest BCUT2D eigenvalue weighted by Crippen LogP contribution is -2.24. The first-order chi connectivity index (χ1) is 21.1. The summed E-state index contributed by atoms with van der Waals surface area (Å²) < 4.78 is 24.5. The van der Waals surface area contributed by atoms with Crippen molar-refractivity contribution in [2.45, 2.75) is 37.9 Å². The summed E-state index contributed by atoms with van der Waals surface area (Å²) in [6.07, 6.45) is 3.27. The van der Waals surface area contributed by atoms with Crippen LogP contribution < -0.4 is 5.63 Å².